The molecule has 154 valence electrons. The van der Waals surface area contributed by atoms with Gasteiger partial charge in [0.2, 0.25) is 5.91 Å². The average Bonchev–Trinajstić information content (AvgIpc) is 2.99. The number of para-hydroxylation sites is 2. The summed E-state index contributed by atoms with van der Waals surface area (Å²) >= 11 is 1.38. The topological polar surface area (TPSA) is 57.0 Å². The van der Waals surface area contributed by atoms with Crippen LogP contribution in [-0.4, -0.2) is 16.6 Å². The minimum Gasteiger partial charge on any atom is -0.280 e. The number of benzene rings is 2. The molecule has 31 heavy (non-hydrogen) atoms. The highest BCUT2D eigenvalue weighted by molar-refractivity contribution is 8.00. The second-order valence-electron chi connectivity index (χ2n) is 8.04. The summed E-state index contributed by atoms with van der Waals surface area (Å²) in [6.45, 7) is 0. The van der Waals surface area contributed by atoms with Crippen molar-refractivity contribution in [1.29, 1.82) is 5.26 Å². The van der Waals surface area contributed by atoms with Crippen LogP contribution in [0.2, 0.25) is 0 Å². The normalized spacial score (nSPS) is 14.6. The first-order valence-corrected chi connectivity index (χ1v) is 11.8. The lowest BCUT2D eigenvalue weighted by Gasteiger charge is -2.25. The Balaban J connectivity index is 1.46. The Morgan fingerprint density at radius 3 is 2.26 bits per heavy atom. The van der Waals surface area contributed by atoms with E-state index in [1.54, 1.807) is 0 Å². The van der Waals surface area contributed by atoms with Gasteiger partial charge in [-0.2, -0.15) is 5.26 Å². The molecule has 1 amide bonds. The minimum absolute atomic E-state index is 0.00945. The maximum atomic E-state index is 13.5. The molecule has 5 rings (SSSR count). The van der Waals surface area contributed by atoms with Gasteiger partial charge in [-0.1, -0.05) is 48.2 Å². The molecular formula is C26H23N3OS. The van der Waals surface area contributed by atoms with Gasteiger partial charge in [0.25, 0.3) is 0 Å². The fourth-order valence-corrected chi connectivity index (χ4v) is 5.37. The van der Waals surface area contributed by atoms with E-state index in [1.807, 2.05) is 47.4 Å². The third-order valence-corrected chi connectivity index (χ3v) is 7.07. The number of anilines is 2. The van der Waals surface area contributed by atoms with Gasteiger partial charge in [-0.25, -0.2) is 4.98 Å². The fraction of sp³-hybridized carbons (Fsp3) is 0.269. The maximum Gasteiger partial charge on any atom is 0.241 e. The first-order valence-electron chi connectivity index (χ1n) is 10.8. The molecule has 0 bridgehead atoms. The smallest absolute Gasteiger partial charge is 0.241 e. The summed E-state index contributed by atoms with van der Waals surface area (Å²) in [5.74, 6) is 0.249. The Labute approximate surface area is 186 Å². The van der Waals surface area contributed by atoms with Crippen molar-refractivity contribution in [3.8, 4) is 6.07 Å². The molecule has 0 unspecified atom stereocenters. The van der Waals surface area contributed by atoms with Gasteiger partial charge >= 0.3 is 0 Å². The number of nitriles is 1. The van der Waals surface area contributed by atoms with Gasteiger partial charge in [-0.3, -0.25) is 9.69 Å². The number of carbonyl (C=O) groups is 1. The summed E-state index contributed by atoms with van der Waals surface area (Å²) in [5.41, 5.74) is 7.13. The van der Waals surface area contributed by atoms with Gasteiger partial charge in [0.1, 0.15) is 11.1 Å². The van der Waals surface area contributed by atoms with Gasteiger partial charge in [-0.05, 0) is 73.4 Å². The van der Waals surface area contributed by atoms with Crippen LogP contribution in [0.5, 0.6) is 0 Å². The van der Waals surface area contributed by atoms with E-state index in [-0.39, 0.29) is 11.7 Å². The molecule has 1 aliphatic carbocycles. The highest BCUT2D eigenvalue weighted by Crippen LogP contribution is 2.37. The van der Waals surface area contributed by atoms with E-state index in [4.69, 9.17) is 4.98 Å². The number of thioether (sulfide) groups is 1. The molecule has 0 saturated carbocycles. The molecule has 2 aromatic carbocycles. The number of fused-ring (bicyclic) bond motifs is 3. The third kappa shape index (κ3) is 3.84. The highest BCUT2D eigenvalue weighted by atomic mass is 32.2. The van der Waals surface area contributed by atoms with Gasteiger partial charge < -0.3 is 0 Å². The molecule has 0 fully saturated rings. The molecule has 2 heterocycles. The summed E-state index contributed by atoms with van der Waals surface area (Å²) in [4.78, 5) is 20.2. The van der Waals surface area contributed by atoms with Gasteiger partial charge in [0.05, 0.1) is 22.7 Å². The Kier molecular flexibility index (Phi) is 5.48. The quantitative estimate of drug-likeness (QED) is 0.528. The van der Waals surface area contributed by atoms with Crippen molar-refractivity contribution in [3.63, 3.8) is 0 Å². The van der Waals surface area contributed by atoms with Crippen molar-refractivity contribution in [3.05, 3.63) is 82.5 Å². The van der Waals surface area contributed by atoms with E-state index in [1.165, 1.54) is 28.5 Å². The number of aromatic nitrogens is 1. The van der Waals surface area contributed by atoms with E-state index in [9.17, 15) is 10.1 Å². The lowest BCUT2D eigenvalue weighted by atomic mass is 9.95. The van der Waals surface area contributed by atoms with E-state index < -0.39 is 0 Å². The van der Waals surface area contributed by atoms with Gasteiger partial charge in [0.15, 0.2) is 0 Å². The molecular weight excluding hydrogens is 402 g/mol. The van der Waals surface area contributed by atoms with E-state index >= 15 is 0 Å². The largest absolute Gasteiger partial charge is 0.280 e. The predicted octanol–water partition coefficient (Wildman–Crippen LogP) is 5.39. The van der Waals surface area contributed by atoms with Crippen molar-refractivity contribution in [2.45, 2.75) is 43.6 Å². The number of carbonyl (C=O) groups excluding carboxylic acids is 1. The number of aryl methyl sites for hydroxylation is 4. The lowest BCUT2D eigenvalue weighted by Crippen LogP contribution is -2.28. The SMILES string of the molecule is N#Cc1cc2c(nc1SCC(=O)N1c3ccccc3CCc3ccccc31)CCCC2. The Hall–Kier alpha value is -3.10. The van der Waals surface area contributed by atoms with Crippen molar-refractivity contribution >= 4 is 29.0 Å². The number of amides is 1. The molecule has 1 aliphatic heterocycles. The van der Waals surface area contributed by atoms with E-state index in [0.717, 1.165) is 55.6 Å². The van der Waals surface area contributed by atoms with Crippen LogP contribution in [0.4, 0.5) is 11.4 Å². The number of hydrogen-bond acceptors (Lipinski definition) is 4. The summed E-state index contributed by atoms with van der Waals surface area (Å²) in [5, 5.41) is 10.3. The van der Waals surface area contributed by atoms with Crippen molar-refractivity contribution < 1.29 is 4.79 Å². The summed E-state index contributed by atoms with van der Waals surface area (Å²) in [6, 6.07) is 20.6. The average molecular weight is 426 g/mol. The predicted molar refractivity (Wildman–Crippen MR) is 124 cm³/mol. The van der Waals surface area contributed by atoms with Gasteiger partial charge in [-0.15, -0.1) is 0 Å². The van der Waals surface area contributed by atoms with Crippen LogP contribution in [0.3, 0.4) is 0 Å². The van der Waals surface area contributed by atoms with Gasteiger partial charge in [0, 0.05) is 5.69 Å². The zero-order valence-electron chi connectivity index (χ0n) is 17.3. The van der Waals surface area contributed by atoms with Crippen LogP contribution >= 0.6 is 11.8 Å². The monoisotopic (exact) mass is 425 g/mol. The molecule has 3 aromatic rings. The Morgan fingerprint density at radius 1 is 0.935 bits per heavy atom. The van der Waals surface area contributed by atoms with Crippen molar-refractivity contribution in [2.24, 2.45) is 0 Å². The van der Waals surface area contributed by atoms with E-state index in [2.05, 4.69) is 18.2 Å². The molecule has 0 radical (unpaired) electrons. The molecule has 0 spiro atoms. The van der Waals surface area contributed by atoms with Crippen LogP contribution < -0.4 is 4.90 Å². The number of rotatable bonds is 3. The molecule has 0 saturated heterocycles. The summed E-state index contributed by atoms with van der Waals surface area (Å²) < 4.78 is 0. The molecule has 1 aromatic heterocycles. The van der Waals surface area contributed by atoms with Crippen LogP contribution in [0.15, 0.2) is 59.6 Å². The fourth-order valence-electron chi connectivity index (χ4n) is 4.55. The van der Waals surface area contributed by atoms with Crippen LogP contribution in [-0.2, 0) is 30.5 Å². The van der Waals surface area contributed by atoms with E-state index in [0.29, 0.717) is 10.6 Å². The number of pyridine rings is 1. The summed E-state index contributed by atoms with van der Waals surface area (Å²) in [7, 11) is 0. The molecule has 2 aliphatic rings. The first kappa shape index (κ1) is 19.8. The second kappa shape index (κ2) is 8.56. The Bertz CT molecular complexity index is 1150. The number of nitrogens with zero attached hydrogens (tertiary/aromatic N) is 3. The third-order valence-electron chi connectivity index (χ3n) is 6.10. The first-order chi connectivity index (χ1) is 15.2. The highest BCUT2D eigenvalue weighted by Gasteiger charge is 2.26. The zero-order chi connectivity index (χ0) is 21.2. The lowest BCUT2D eigenvalue weighted by molar-refractivity contribution is -0.115. The minimum atomic E-state index is 0.00945. The van der Waals surface area contributed by atoms with Crippen LogP contribution in [0.1, 0.15) is 40.8 Å². The maximum absolute atomic E-state index is 13.5. The molecule has 5 heteroatoms. The molecule has 0 N–H and O–H groups in total. The Morgan fingerprint density at radius 2 is 1.58 bits per heavy atom. The second-order valence-corrected chi connectivity index (χ2v) is 9.01. The van der Waals surface area contributed by atoms with Crippen LogP contribution in [0.25, 0.3) is 0 Å². The molecule has 0 atom stereocenters. The zero-order valence-corrected chi connectivity index (χ0v) is 18.1. The molecule has 4 nitrogen and oxygen atoms in total. The van der Waals surface area contributed by atoms with Crippen molar-refractivity contribution in [1.82, 2.24) is 4.98 Å². The standard InChI is InChI=1S/C26H23N3OS/c27-16-21-15-20-9-1-4-10-22(20)28-26(21)31-17-25(30)29-23-11-5-2-7-18(23)13-14-19-8-3-6-12-24(19)29/h2-3,5-8,11-12,15H,1,4,9-10,13-14,17H2. The number of hydrogen-bond donors (Lipinski definition) is 0. The van der Waals surface area contributed by atoms with Crippen molar-refractivity contribution in [2.75, 3.05) is 10.7 Å². The van der Waals surface area contributed by atoms with Crippen LogP contribution in [0, 0.1) is 11.3 Å². The summed E-state index contributed by atoms with van der Waals surface area (Å²) in [6.07, 6.45) is 6.05.